The van der Waals surface area contributed by atoms with Gasteiger partial charge in [-0.05, 0) is 48.2 Å². The second-order valence-corrected chi connectivity index (χ2v) is 8.78. The van der Waals surface area contributed by atoms with Gasteiger partial charge in [0.1, 0.15) is 35.6 Å². The molecule has 3 aromatic rings. The maximum Gasteiger partial charge on any atom is 0.268 e. The smallest absolute Gasteiger partial charge is 0.268 e. The molecule has 0 aliphatic carbocycles. The molecular weight excluding hydrogens is 500 g/mol. The van der Waals surface area contributed by atoms with Gasteiger partial charge in [0.2, 0.25) is 5.13 Å². The molecule has 0 radical (unpaired) electrons. The highest BCUT2D eigenvalue weighted by atomic mass is 35.5. The van der Waals surface area contributed by atoms with Crippen molar-refractivity contribution in [2.75, 3.05) is 25.6 Å². The molecule has 1 N–H and O–H groups in total. The van der Waals surface area contributed by atoms with E-state index in [-0.39, 0.29) is 17.2 Å². The van der Waals surface area contributed by atoms with Crippen molar-refractivity contribution in [3.8, 4) is 23.3 Å². The van der Waals surface area contributed by atoms with Gasteiger partial charge in [-0.2, -0.15) is 5.26 Å². The first-order chi connectivity index (χ1) is 17.5. The van der Waals surface area contributed by atoms with Crippen LogP contribution in [0, 0.1) is 11.3 Å². The number of amides is 1. The van der Waals surface area contributed by atoms with Crippen molar-refractivity contribution in [2.24, 2.45) is 0 Å². The number of aromatic nitrogens is 2. The van der Waals surface area contributed by atoms with Gasteiger partial charge in [-0.15, -0.1) is 16.8 Å². The van der Waals surface area contributed by atoms with Crippen LogP contribution in [0.3, 0.4) is 0 Å². The van der Waals surface area contributed by atoms with E-state index < -0.39 is 5.91 Å². The summed E-state index contributed by atoms with van der Waals surface area (Å²) in [5.41, 5.74) is 1.41. The molecule has 8 nitrogen and oxygen atoms in total. The van der Waals surface area contributed by atoms with E-state index in [9.17, 15) is 10.1 Å². The van der Waals surface area contributed by atoms with Crippen molar-refractivity contribution in [3.05, 3.63) is 75.8 Å². The predicted octanol–water partition coefficient (Wildman–Crippen LogP) is 5.49. The molecule has 10 heteroatoms. The fourth-order valence-corrected chi connectivity index (χ4v) is 4.10. The summed E-state index contributed by atoms with van der Waals surface area (Å²) >= 11 is 7.70. The number of nitrogens with zero attached hydrogens (tertiary/aromatic N) is 3. The maximum absolute atomic E-state index is 12.5. The number of carbonyl (C=O) groups is 1. The van der Waals surface area contributed by atoms with E-state index in [1.165, 1.54) is 24.5 Å². The van der Waals surface area contributed by atoms with E-state index in [0.29, 0.717) is 41.6 Å². The number of nitrogens with one attached hydrogen (secondary N) is 1. The lowest BCUT2D eigenvalue weighted by atomic mass is 10.1. The molecule has 3 rings (SSSR count). The van der Waals surface area contributed by atoms with Gasteiger partial charge in [0.05, 0.1) is 12.1 Å². The summed E-state index contributed by atoms with van der Waals surface area (Å²) in [6, 6.07) is 12.8. The van der Waals surface area contributed by atoms with Gasteiger partial charge in [-0.3, -0.25) is 10.1 Å². The molecule has 1 heterocycles. The molecule has 0 atom stereocenters. The molecule has 0 saturated heterocycles. The zero-order valence-electron chi connectivity index (χ0n) is 19.9. The monoisotopic (exact) mass is 524 g/mol. The van der Waals surface area contributed by atoms with Gasteiger partial charge >= 0.3 is 0 Å². The summed E-state index contributed by atoms with van der Waals surface area (Å²) in [5.74, 6) is 0.861. The van der Waals surface area contributed by atoms with Crippen LogP contribution < -0.4 is 19.5 Å². The lowest BCUT2D eigenvalue weighted by molar-refractivity contribution is -0.112. The number of methoxy groups -OCH3 is 1. The number of hydrogen-bond donors (Lipinski definition) is 1. The third-order valence-corrected chi connectivity index (χ3v) is 6.11. The first-order valence-electron chi connectivity index (χ1n) is 11.1. The van der Waals surface area contributed by atoms with Crippen molar-refractivity contribution in [3.63, 3.8) is 0 Å². The lowest BCUT2D eigenvalue weighted by Crippen LogP contribution is -2.13. The molecular formula is C26H25ClN4O4S. The number of halogens is 1. The molecule has 1 amide bonds. The van der Waals surface area contributed by atoms with Gasteiger partial charge in [-0.25, -0.2) is 0 Å². The number of anilines is 1. The van der Waals surface area contributed by atoms with Gasteiger partial charge in [-0.1, -0.05) is 54.1 Å². The van der Waals surface area contributed by atoms with E-state index >= 15 is 0 Å². The molecule has 186 valence electrons. The minimum atomic E-state index is -0.597. The number of para-hydroxylation sites is 1. The minimum absolute atomic E-state index is 0.123. The molecule has 36 heavy (non-hydrogen) atoms. The third-order valence-electron chi connectivity index (χ3n) is 4.84. The minimum Gasteiger partial charge on any atom is -0.493 e. The molecule has 0 saturated carbocycles. The lowest BCUT2D eigenvalue weighted by Gasteiger charge is -2.15. The highest BCUT2D eigenvalue weighted by molar-refractivity contribution is 7.15. The fraction of sp³-hybridized carbons (Fsp3) is 0.231. The SMILES string of the molecule is C=CCc1ccccc1OCCOc1c(Cl)cc(C=C(C#N)C(=O)Nc2nnc(CC)s2)cc1OC. The number of allylic oxidation sites excluding steroid dienone is 1. The molecule has 0 bridgehead atoms. The van der Waals surface area contributed by atoms with Crippen LogP contribution in [-0.2, 0) is 17.6 Å². The van der Waals surface area contributed by atoms with Gasteiger partial charge in [0.25, 0.3) is 5.91 Å². The quantitative estimate of drug-likeness (QED) is 0.144. The molecule has 0 spiro atoms. The predicted molar refractivity (Wildman–Crippen MR) is 141 cm³/mol. The average molecular weight is 525 g/mol. The van der Waals surface area contributed by atoms with Crippen molar-refractivity contribution >= 4 is 40.1 Å². The Hall–Kier alpha value is -3.87. The van der Waals surface area contributed by atoms with Gasteiger partial charge < -0.3 is 14.2 Å². The van der Waals surface area contributed by atoms with Gasteiger partial charge in [0, 0.05) is 0 Å². The van der Waals surface area contributed by atoms with Crippen molar-refractivity contribution in [1.82, 2.24) is 10.2 Å². The summed E-state index contributed by atoms with van der Waals surface area (Å²) < 4.78 is 17.1. The molecule has 0 aliphatic rings. The van der Waals surface area contributed by atoms with E-state index in [1.807, 2.05) is 43.3 Å². The highest BCUT2D eigenvalue weighted by Crippen LogP contribution is 2.37. The van der Waals surface area contributed by atoms with E-state index in [1.54, 1.807) is 12.1 Å². The fourth-order valence-electron chi connectivity index (χ4n) is 3.15. The summed E-state index contributed by atoms with van der Waals surface area (Å²) in [7, 11) is 1.48. The Bertz CT molecular complexity index is 1300. The first-order valence-corrected chi connectivity index (χ1v) is 12.3. The van der Waals surface area contributed by atoms with Crippen LogP contribution in [0.5, 0.6) is 17.2 Å². The van der Waals surface area contributed by atoms with Crippen LogP contribution in [0.1, 0.15) is 23.1 Å². The zero-order chi connectivity index (χ0) is 25.9. The van der Waals surface area contributed by atoms with Crippen molar-refractivity contribution in [1.29, 1.82) is 5.26 Å². The van der Waals surface area contributed by atoms with Crippen LogP contribution in [0.25, 0.3) is 6.08 Å². The first kappa shape index (κ1) is 26.7. The molecule has 0 fully saturated rings. The molecule has 2 aromatic carbocycles. The molecule has 0 unspecified atom stereocenters. The second kappa shape index (κ2) is 13.3. The van der Waals surface area contributed by atoms with E-state index in [4.69, 9.17) is 25.8 Å². The maximum atomic E-state index is 12.5. The topological polar surface area (TPSA) is 106 Å². The largest absolute Gasteiger partial charge is 0.493 e. The van der Waals surface area contributed by atoms with Crippen molar-refractivity contribution in [2.45, 2.75) is 19.8 Å². The number of carbonyl (C=O) groups excluding carboxylic acids is 1. The summed E-state index contributed by atoms with van der Waals surface area (Å²) in [6.45, 7) is 6.22. The second-order valence-electron chi connectivity index (χ2n) is 7.31. The van der Waals surface area contributed by atoms with Crippen LogP contribution >= 0.6 is 22.9 Å². The van der Waals surface area contributed by atoms with E-state index in [2.05, 4.69) is 22.1 Å². The van der Waals surface area contributed by atoms with Crippen LogP contribution in [-0.4, -0.2) is 36.4 Å². The normalized spacial score (nSPS) is 10.9. The van der Waals surface area contributed by atoms with Gasteiger partial charge in [0.15, 0.2) is 11.5 Å². The Morgan fingerprint density at radius 2 is 2.00 bits per heavy atom. The standard InChI is InChI=1S/C26H25ClN4O4S/c1-4-8-18-9-6-7-10-21(18)34-11-12-35-24-20(27)14-17(15-22(24)33-3)13-19(16-28)25(32)29-26-31-30-23(5-2)36-26/h4,6-7,9-10,13-15H,1,5,8,11-12H2,2-3H3,(H,29,31,32). The molecule has 0 aliphatic heterocycles. The Labute approximate surface area is 218 Å². The number of rotatable bonds is 12. The number of hydrogen-bond acceptors (Lipinski definition) is 8. The number of ether oxygens (including phenoxy) is 3. The van der Waals surface area contributed by atoms with Crippen LogP contribution in [0.4, 0.5) is 5.13 Å². The number of nitriles is 1. The third kappa shape index (κ3) is 7.07. The van der Waals surface area contributed by atoms with E-state index in [0.717, 1.165) is 16.3 Å². The molecule has 1 aromatic heterocycles. The number of benzene rings is 2. The van der Waals surface area contributed by atoms with Crippen LogP contribution in [0.15, 0.2) is 54.6 Å². The average Bonchev–Trinajstić information content (AvgIpc) is 3.34. The number of aryl methyl sites for hydroxylation is 1. The Morgan fingerprint density at radius 3 is 2.69 bits per heavy atom. The zero-order valence-corrected chi connectivity index (χ0v) is 21.5. The Balaban J connectivity index is 1.68. The highest BCUT2D eigenvalue weighted by Gasteiger charge is 2.16. The Morgan fingerprint density at radius 1 is 1.22 bits per heavy atom. The summed E-state index contributed by atoms with van der Waals surface area (Å²) in [6.07, 6.45) is 4.64. The summed E-state index contributed by atoms with van der Waals surface area (Å²) in [5, 5.41) is 21.3. The summed E-state index contributed by atoms with van der Waals surface area (Å²) in [4.78, 5) is 12.5. The van der Waals surface area contributed by atoms with Crippen molar-refractivity contribution < 1.29 is 19.0 Å². The van der Waals surface area contributed by atoms with Crippen LogP contribution in [0.2, 0.25) is 5.02 Å². The Kier molecular flexibility index (Phi) is 9.86.